The highest BCUT2D eigenvalue weighted by Crippen LogP contribution is 2.39. The third-order valence-corrected chi connectivity index (χ3v) is 11.6. The molecule has 0 aliphatic carbocycles. The molecule has 5 N–H and O–H groups in total. The second-order valence-electron chi connectivity index (χ2n) is 13.8. The molecule has 6 rings (SSSR count). The Morgan fingerprint density at radius 2 is 1.52 bits per heavy atom. The van der Waals surface area contributed by atoms with Crippen molar-refractivity contribution in [1.29, 1.82) is 0 Å². The first-order chi connectivity index (χ1) is 23.5. The van der Waals surface area contributed by atoms with E-state index in [9.17, 15) is 36.7 Å². The zero-order chi connectivity index (χ0) is 36.1. The lowest BCUT2D eigenvalue weighted by molar-refractivity contribution is -0.142. The number of aromatic amines is 1. The van der Waals surface area contributed by atoms with Gasteiger partial charge in [-0.25, -0.2) is 17.2 Å². The van der Waals surface area contributed by atoms with Crippen LogP contribution in [0.25, 0.3) is 0 Å². The van der Waals surface area contributed by atoms with Crippen molar-refractivity contribution in [3.05, 3.63) is 64.4 Å². The number of nitrogens with zero attached hydrogens (tertiary/aromatic N) is 5. The Kier molecular flexibility index (Phi) is 9.34. The van der Waals surface area contributed by atoms with Crippen LogP contribution >= 0.6 is 0 Å². The van der Waals surface area contributed by atoms with Crippen LogP contribution < -0.4 is 20.9 Å². The van der Waals surface area contributed by atoms with Crippen LogP contribution in [0.1, 0.15) is 58.7 Å². The number of primary amides is 1. The third kappa shape index (κ3) is 6.76. The number of benzene rings is 2. The van der Waals surface area contributed by atoms with Gasteiger partial charge in [-0.2, -0.15) is 9.40 Å². The number of amides is 2. The number of halogens is 2. The largest absolute Gasteiger partial charge is 0.481 e. The SMILES string of the molecule is CN1CCN(c2cc(C(N)=O)c(C(=O)Nc3n[nH]c4c3CN(S(=O)(=O)c3cc(F)cc(F)c3)CC4(C)C)cc2N2CCC(C(=O)O)CC2)CC1. The number of nitrogens with two attached hydrogens (primary N) is 1. The maximum atomic E-state index is 14.1. The molecular weight excluding hydrogens is 674 g/mol. The summed E-state index contributed by atoms with van der Waals surface area (Å²) in [5.41, 5.74) is 7.23. The molecule has 2 amide bonds. The minimum atomic E-state index is -4.37. The fraction of sp³-hybridized carbons (Fsp3) is 0.455. The molecule has 14 nitrogen and oxygen atoms in total. The Morgan fingerprint density at radius 3 is 2.10 bits per heavy atom. The summed E-state index contributed by atoms with van der Waals surface area (Å²) in [7, 11) is -2.36. The number of aromatic nitrogens is 2. The lowest BCUT2D eigenvalue weighted by Gasteiger charge is -2.39. The van der Waals surface area contributed by atoms with Crippen LogP contribution in [0.3, 0.4) is 0 Å². The second kappa shape index (κ2) is 13.3. The summed E-state index contributed by atoms with van der Waals surface area (Å²) < 4.78 is 56.3. The first-order valence-corrected chi connectivity index (χ1v) is 17.7. The molecule has 3 aromatic rings. The number of carbonyl (C=O) groups excluding carboxylic acids is 2. The molecule has 1 aromatic heterocycles. The number of hydrogen-bond donors (Lipinski definition) is 4. The number of piperidine rings is 1. The first kappa shape index (κ1) is 35.2. The third-order valence-electron chi connectivity index (χ3n) is 9.81. The van der Waals surface area contributed by atoms with Gasteiger partial charge in [0.15, 0.2) is 5.82 Å². The summed E-state index contributed by atoms with van der Waals surface area (Å²) in [6.45, 7) is 6.96. The Bertz CT molecular complexity index is 1930. The summed E-state index contributed by atoms with van der Waals surface area (Å²) in [5.74, 6) is -4.93. The van der Waals surface area contributed by atoms with Gasteiger partial charge < -0.3 is 30.9 Å². The average Bonchev–Trinajstić information content (AvgIpc) is 3.47. The van der Waals surface area contributed by atoms with Crippen LogP contribution in [-0.4, -0.2) is 104 Å². The topological polar surface area (TPSA) is 185 Å². The van der Waals surface area contributed by atoms with E-state index in [0.717, 1.165) is 29.5 Å². The van der Waals surface area contributed by atoms with E-state index in [-0.39, 0.29) is 30.0 Å². The number of carboxylic acids is 1. The molecule has 0 bridgehead atoms. The average molecular weight is 715 g/mol. The van der Waals surface area contributed by atoms with Gasteiger partial charge in [0, 0.05) is 75.1 Å². The lowest BCUT2D eigenvalue weighted by Crippen LogP contribution is -2.45. The van der Waals surface area contributed by atoms with Crippen LogP contribution in [0, 0.1) is 17.6 Å². The Balaban J connectivity index is 1.35. The highest BCUT2D eigenvalue weighted by Gasteiger charge is 2.41. The van der Waals surface area contributed by atoms with Crippen LogP contribution in [0.4, 0.5) is 26.0 Å². The van der Waals surface area contributed by atoms with Crippen LogP contribution in [0.2, 0.25) is 0 Å². The summed E-state index contributed by atoms with van der Waals surface area (Å²) in [6.07, 6.45) is 0.820. The monoisotopic (exact) mass is 714 g/mol. The maximum absolute atomic E-state index is 14.1. The summed E-state index contributed by atoms with van der Waals surface area (Å²) in [5, 5.41) is 19.5. The number of likely N-dealkylation sites (N-methyl/N-ethyl adjacent to an activating group) is 1. The van der Waals surface area contributed by atoms with E-state index in [1.165, 1.54) is 0 Å². The van der Waals surface area contributed by atoms with E-state index in [1.54, 1.807) is 26.0 Å². The number of carbonyl (C=O) groups is 3. The number of piperazine rings is 1. The molecule has 0 saturated carbocycles. The minimum absolute atomic E-state index is 0.0192. The number of fused-ring (bicyclic) bond motifs is 1. The molecule has 0 unspecified atom stereocenters. The van der Waals surface area contributed by atoms with E-state index in [1.807, 2.05) is 11.9 Å². The fourth-order valence-electron chi connectivity index (χ4n) is 7.00. The zero-order valence-electron chi connectivity index (χ0n) is 28.0. The van der Waals surface area contributed by atoms with E-state index in [2.05, 4.69) is 25.3 Å². The predicted molar refractivity (Wildman–Crippen MR) is 181 cm³/mol. The van der Waals surface area contributed by atoms with Crippen molar-refractivity contribution in [2.45, 2.75) is 43.5 Å². The summed E-state index contributed by atoms with van der Waals surface area (Å²) >= 11 is 0. The molecular formula is C33H40F2N8O6S. The number of carboxylic acid groups (broad SMARTS) is 1. The van der Waals surface area contributed by atoms with Crippen molar-refractivity contribution in [3.8, 4) is 0 Å². The Morgan fingerprint density at radius 1 is 0.940 bits per heavy atom. The van der Waals surface area contributed by atoms with Gasteiger partial charge in [0.2, 0.25) is 15.9 Å². The van der Waals surface area contributed by atoms with E-state index < -0.39 is 55.7 Å². The van der Waals surface area contributed by atoms with E-state index >= 15 is 0 Å². The normalized spacial score (nSPS) is 18.9. The van der Waals surface area contributed by atoms with Crippen molar-refractivity contribution >= 4 is 45.0 Å². The van der Waals surface area contributed by atoms with Crippen molar-refractivity contribution in [3.63, 3.8) is 0 Å². The summed E-state index contributed by atoms with van der Waals surface area (Å²) in [6, 6.07) is 5.29. The van der Waals surface area contributed by atoms with Gasteiger partial charge in [0.1, 0.15) is 11.6 Å². The smallest absolute Gasteiger partial charge is 0.306 e. The molecule has 268 valence electrons. The molecule has 0 atom stereocenters. The van der Waals surface area contributed by atoms with Crippen molar-refractivity contribution in [2.75, 3.05) is 68.0 Å². The number of rotatable bonds is 8. The standard InChI is InChI=1S/C33H40F2N8O6S/c1-33(2)18-43(50(48,49)22-13-20(34)12-21(35)14-22)17-25-28(33)38-39-30(25)37-31(45)24-16-27(41-6-4-19(5-7-41)32(46)47)26(15-23(24)29(36)44)42-10-8-40(3)9-11-42/h12-16,19H,4-11,17-18H2,1-3H3,(H2,36,44)(H,46,47)(H2,37,38,39,45). The molecule has 50 heavy (non-hydrogen) atoms. The maximum Gasteiger partial charge on any atom is 0.306 e. The van der Waals surface area contributed by atoms with Crippen LogP contribution in [0.15, 0.2) is 35.2 Å². The molecule has 0 radical (unpaired) electrons. The minimum Gasteiger partial charge on any atom is -0.481 e. The molecule has 17 heteroatoms. The molecule has 4 heterocycles. The van der Waals surface area contributed by atoms with Gasteiger partial charge in [0.25, 0.3) is 5.91 Å². The number of anilines is 3. The fourth-order valence-corrected chi connectivity index (χ4v) is 8.61. The first-order valence-electron chi connectivity index (χ1n) is 16.3. The number of nitrogens with one attached hydrogen (secondary N) is 2. The van der Waals surface area contributed by atoms with E-state index in [0.29, 0.717) is 67.7 Å². The van der Waals surface area contributed by atoms with Gasteiger partial charge >= 0.3 is 5.97 Å². The second-order valence-corrected chi connectivity index (χ2v) is 15.7. The van der Waals surface area contributed by atoms with Crippen LogP contribution in [0.5, 0.6) is 0 Å². The van der Waals surface area contributed by atoms with Crippen molar-refractivity contribution in [1.82, 2.24) is 19.4 Å². The number of aliphatic carboxylic acids is 1. The number of H-pyrrole nitrogens is 1. The Labute approximate surface area is 288 Å². The van der Waals surface area contributed by atoms with Crippen molar-refractivity contribution in [2.24, 2.45) is 11.7 Å². The molecule has 2 aromatic carbocycles. The molecule has 3 aliphatic heterocycles. The van der Waals surface area contributed by atoms with Gasteiger partial charge in [0.05, 0.1) is 33.3 Å². The number of sulfonamides is 1. The van der Waals surface area contributed by atoms with Gasteiger partial charge in [-0.05, 0) is 44.2 Å². The molecule has 2 saturated heterocycles. The quantitative estimate of drug-likeness (QED) is 0.270. The molecule has 2 fully saturated rings. The Hall–Kier alpha value is -4.61. The predicted octanol–water partition coefficient (Wildman–Crippen LogP) is 2.57. The summed E-state index contributed by atoms with van der Waals surface area (Å²) in [4.78, 5) is 44.4. The van der Waals surface area contributed by atoms with Gasteiger partial charge in [-0.15, -0.1) is 0 Å². The van der Waals surface area contributed by atoms with Crippen LogP contribution in [-0.2, 0) is 26.8 Å². The highest BCUT2D eigenvalue weighted by atomic mass is 32.2. The van der Waals surface area contributed by atoms with Gasteiger partial charge in [-0.1, -0.05) is 13.8 Å². The highest BCUT2D eigenvalue weighted by molar-refractivity contribution is 7.89. The van der Waals surface area contributed by atoms with E-state index in [4.69, 9.17) is 5.73 Å². The lowest BCUT2D eigenvalue weighted by atomic mass is 9.84. The zero-order valence-corrected chi connectivity index (χ0v) is 28.8. The van der Waals surface area contributed by atoms with Gasteiger partial charge in [-0.3, -0.25) is 19.5 Å². The number of hydrogen-bond acceptors (Lipinski definition) is 9. The van der Waals surface area contributed by atoms with Crippen molar-refractivity contribution < 1.29 is 36.7 Å². The molecule has 3 aliphatic rings. The molecule has 0 spiro atoms.